The van der Waals surface area contributed by atoms with Gasteiger partial charge in [0, 0.05) is 17.2 Å². The number of benzene rings is 3. The fourth-order valence-corrected chi connectivity index (χ4v) is 5.66. The quantitative estimate of drug-likeness (QED) is 0.331. The fourth-order valence-electron chi connectivity index (χ4n) is 5.53. The van der Waals surface area contributed by atoms with Gasteiger partial charge in [0.15, 0.2) is 11.6 Å². The monoisotopic (exact) mass is 524 g/mol. The molecule has 1 fully saturated rings. The van der Waals surface area contributed by atoms with Crippen LogP contribution >= 0.6 is 11.6 Å². The summed E-state index contributed by atoms with van der Waals surface area (Å²) < 4.78 is 43.1. The van der Waals surface area contributed by atoms with E-state index < -0.39 is 34.9 Å². The van der Waals surface area contributed by atoms with E-state index in [1.807, 2.05) is 6.07 Å². The van der Waals surface area contributed by atoms with Gasteiger partial charge in [0.1, 0.15) is 11.5 Å². The lowest BCUT2D eigenvalue weighted by atomic mass is 9.71. The van der Waals surface area contributed by atoms with Crippen LogP contribution in [-0.2, 0) is 10.5 Å². The number of nitrogens with one attached hydrogen (secondary N) is 3. The molecule has 0 radical (unpaired) electrons. The van der Waals surface area contributed by atoms with E-state index in [4.69, 9.17) is 16.9 Å². The van der Waals surface area contributed by atoms with Gasteiger partial charge in [0.2, 0.25) is 5.91 Å². The number of halogens is 4. The summed E-state index contributed by atoms with van der Waals surface area (Å²) in [6.07, 6.45) is 4.40. The molecule has 37 heavy (non-hydrogen) atoms. The Hall–Kier alpha value is -3.70. The van der Waals surface area contributed by atoms with Gasteiger partial charge >= 0.3 is 0 Å². The van der Waals surface area contributed by atoms with E-state index >= 15 is 0 Å². The minimum absolute atomic E-state index is 0.0522. The van der Waals surface area contributed by atoms with Gasteiger partial charge in [-0.2, -0.15) is 5.26 Å². The van der Waals surface area contributed by atoms with Crippen LogP contribution in [-0.4, -0.2) is 5.91 Å². The van der Waals surface area contributed by atoms with Crippen LogP contribution in [0.2, 0.25) is 5.02 Å². The number of fused-ring (bicyclic) bond motifs is 1. The second-order valence-electron chi connectivity index (χ2n) is 9.55. The number of rotatable bonds is 5. The topological polar surface area (TPSA) is 77.0 Å². The Labute approximate surface area is 217 Å². The van der Waals surface area contributed by atoms with Crippen LogP contribution in [0.5, 0.6) is 0 Å². The summed E-state index contributed by atoms with van der Waals surface area (Å²) in [5, 5.41) is 18.8. The molecule has 1 saturated carbocycles. The van der Waals surface area contributed by atoms with Crippen molar-refractivity contribution in [1.29, 1.82) is 5.26 Å². The molecule has 1 aliphatic heterocycles. The smallest absolute Gasteiger partial charge is 0.232 e. The Morgan fingerprint density at radius 1 is 0.946 bits per heavy atom. The van der Waals surface area contributed by atoms with Gasteiger partial charge in [-0.25, -0.2) is 13.2 Å². The first-order valence-corrected chi connectivity index (χ1v) is 12.5. The Kier molecular flexibility index (Phi) is 6.74. The average Bonchev–Trinajstić information content (AvgIpc) is 3.25. The maximum Gasteiger partial charge on any atom is 0.232 e. The molecule has 5 nitrogen and oxygen atoms in total. The largest absolute Gasteiger partial charge is 0.357 e. The van der Waals surface area contributed by atoms with Crippen molar-refractivity contribution < 1.29 is 18.0 Å². The van der Waals surface area contributed by atoms with Crippen LogP contribution in [0.3, 0.4) is 0 Å². The van der Waals surface area contributed by atoms with Crippen LogP contribution in [0.1, 0.15) is 43.2 Å². The van der Waals surface area contributed by atoms with Gasteiger partial charge in [-0.15, -0.1) is 0 Å². The number of nitrogens with zero attached hydrogens (tertiary/aromatic N) is 1. The Balaban J connectivity index is 1.62. The molecule has 3 aromatic carbocycles. The van der Waals surface area contributed by atoms with E-state index in [2.05, 4.69) is 16.0 Å². The molecule has 3 N–H and O–H groups in total. The third kappa shape index (κ3) is 4.72. The van der Waals surface area contributed by atoms with Crippen molar-refractivity contribution in [2.45, 2.75) is 37.8 Å². The molecular weight excluding hydrogens is 501 g/mol. The van der Waals surface area contributed by atoms with Gasteiger partial charge in [0.05, 0.1) is 34.6 Å². The molecule has 0 saturated heterocycles. The fraction of sp³-hybridized carbons (Fsp3) is 0.286. The molecule has 3 aromatic rings. The molecule has 0 aromatic heterocycles. The number of hydrogen-bond donors (Lipinski definition) is 3. The highest BCUT2D eigenvalue weighted by Crippen LogP contribution is 2.49. The standard InChI is InChI=1S/C28H24ClF3N4O/c29-19-9-7-18(8-10-19)28(35-24-13-20(30)21(31)14-25(24)36-28)26(17-4-2-1-3-5-17)27(37)34-23-11-6-16(15-33)12-22(23)32/h6-14,17,26,35-36H,1-5H2,(H,34,37). The number of hydrogen-bond acceptors (Lipinski definition) is 4. The lowest BCUT2D eigenvalue weighted by Gasteiger charge is -2.43. The second kappa shape index (κ2) is 9.98. The van der Waals surface area contributed by atoms with E-state index in [9.17, 15) is 18.0 Å². The van der Waals surface area contributed by atoms with E-state index in [1.165, 1.54) is 12.1 Å². The van der Waals surface area contributed by atoms with Crippen molar-refractivity contribution in [3.63, 3.8) is 0 Å². The van der Waals surface area contributed by atoms with Gasteiger partial charge < -0.3 is 16.0 Å². The molecule has 5 rings (SSSR count). The minimum atomic E-state index is -1.29. The first-order chi connectivity index (χ1) is 17.8. The minimum Gasteiger partial charge on any atom is -0.357 e. The summed E-state index contributed by atoms with van der Waals surface area (Å²) in [5.74, 6) is -4.14. The van der Waals surface area contributed by atoms with Crippen molar-refractivity contribution in [2.24, 2.45) is 11.8 Å². The summed E-state index contributed by atoms with van der Waals surface area (Å²) in [6.45, 7) is 0. The second-order valence-corrected chi connectivity index (χ2v) is 9.98. The highest BCUT2D eigenvalue weighted by atomic mass is 35.5. The van der Waals surface area contributed by atoms with Gasteiger partial charge in [0.25, 0.3) is 0 Å². The maximum absolute atomic E-state index is 14.8. The predicted molar refractivity (Wildman–Crippen MR) is 137 cm³/mol. The Morgan fingerprint density at radius 2 is 1.57 bits per heavy atom. The van der Waals surface area contributed by atoms with E-state index in [0.29, 0.717) is 22.0 Å². The number of carbonyl (C=O) groups excluding carboxylic acids is 1. The molecule has 190 valence electrons. The zero-order valence-electron chi connectivity index (χ0n) is 19.8. The van der Waals surface area contributed by atoms with Gasteiger partial charge in [-0.3, -0.25) is 4.79 Å². The SMILES string of the molecule is N#Cc1ccc(NC(=O)C(C2CCCCC2)C2(c3ccc(Cl)cc3)Nc3cc(F)c(F)cc3N2)c(F)c1. The first-order valence-electron chi connectivity index (χ1n) is 12.1. The molecule has 1 atom stereocenters. The molecule has 0 bridgehead atoms. The van der Waals surface area contributed by atoms with Crippen molar-refractivity contribution in [3.05, 3.63) is 88.2 Å². The Morgan fingerprint density at radius 3 is 2.14 bits per heavy atom. The third-order valence-electron chi connectivity index (χ3n) is 7.25. The predicted octanol–water partition coefficient (Wildman–Crippen LogP) is 7.15. The summed E-state index contributed by atoms with van der Waals surface area (Å²) in [4.78, 5) is 14.0. The van der Waals surface area contributed by atoms with Gasteiger partial charge in [-0.05, 0) is 54.7 Å². The number of carbonyl (C=O) groups is 1. The zero-order chi connectivity index (χ0) is 26.2. The highest BCUT2D eigenvalue weighted by Gasteiger charge is 2.52. The molecule has 1 amide bonds. The number of anilines is 3. The molecule has 1 heterocycles. The lowest BCUT2D eigenvalue weighted by molar-refractivity contribution is -0.124. The molecule has 1 aliphatic carbocycles. The summed E-state index contributed by atoms with van der Waals surface area (Å²) in [7, 11) is 0. The summed E-state index contributed by atoms with van der Waals surface area (Å²) >= 11 is 6.15. The van der Waals surface area contributed by atoms with Gasteiger partial charge in [-0.1, -0.05) is 43.0 Å². The molecule has 9 heteroatoms. The highest BCUT2D eigenvalue weighted by molar-refractivity contribution is 6.30. The molecular formula is C28H24ClF3N4O. The normalized spacial score (nSPS) is 17.2. The zero-order valence-corrected chi connectivity index (χ0v) is 20.5. The van der Waals surface area contributed by atoms with Crippen LogP contribution in [0.25, 0.3) is 0 Å². The average molecular weight is 525 g/mol. The number of nitriles is 1. The van der Waals surface area contributed by atoms with Crippen molar-refractivity contribution in [1.82, 2.24) is 0 Å². The van der Waals surface area contributed by atoms with E-state index in [-0.39, 0.29) is 17.2 Å². The maximum atomic E-state index is 14.8. The van der Waals surface area contributed by atoms with Crippen LogP contribution < -0.4 is 16.0 Å². The Bertz CT molecular complexity index is 1350. The van der Waals surface area contributed by atoms with Crippen molar-refractivity contribution >= 4 is 34.6 Å². The van der Waals surface area contributed by atoms with Crippen LogP contribution in [0.4, 0.5) is 30.2 Å². The molecule has 1 unspecified atom stereocenters. The number of amides is 1. The van der Waals surface area contributed by atoms with E-state index in [0.717, 1.165) is 50.3 Å². The first kappa shape index (κ1) is 25.0. The van der Waals surface area contributed by atoms with Crippen molar-refractivity contribution in [3.8, 4) is 6.07 Å². The summed E-state index contributed by atoms with van der Waals surface area (Å²) in [5.41, 5.74) is 0.0562. The van der Waals surface area contributed by atoms with E-state index in [1.54, 1.807) is 24.3 Å². The van der Waals surface area contributed by atoms with Crippen LogP contribution in [0, 0.1) is 40.6 Å². The van der Waals surface area contributed by atoms with Crippen molar-refractivity contribution in [2.75, 3.05) is 16.0 Å². The molecule has 0 spiro atoms. The summed E-state index contributed by atoms with van der Waals surface area (Å²) in [6, 6.07) is 14.7. The van der Waals surface area contributed by atoms with Crippen LogP contribution in [0.15, 0.2) is 54.6 Å². The third-order valence-corrected chi connectivity index (χ3v) is 7.50. The lowest BCUT2D eigenvalue weighted by Crippen LogP contribution is -2.54. The molecule has 2 aliphatic rings.